The molecule has 1 heterocycles. The maximum atomic E-state index is 11.8. The van der Waals surface area contributed by atoms with Crippen molar-refractivity contribution in [1.29, 1.82) is 0 Å². The molecule has 0 aromatic carbocycles. The summed E-state index contributed by atoms with van der Waals surface area (Å²) in [6, 6.07) is 0.437. The van der Waals surface area contributed by atoms with E-state index in [1.54, 1.807) is 0 Å². The van der Waals surface area contributed by atoms with Gasteiger partial charge in [0.1, 0.15) is 0 Å². The zero-order chi connectivity index (χ0) is 9.97. The van der Waals surface area contributed by atoms with Crippen LogP contribution in [0.15, 0.2) is 11.6 Å². The van der Waals surface area contributed by atoms with E-state index in [0.717, 1.165) is 32.5 Å². The number of halogens is 1. The summed E-state index contributed by atoms with van der Waals surface area (Å²) in [5.74, 6) is 0.216. The van der Waals surface area contributed by atoms with Crippen LogP contribution in [0.2, 0.25) is 0 Å². The van der Waals surface area contributed by atoms with Gasteiger partial charge in [-0.15, -0.1) is 12.4 Å². The highest BCUT2D eigenvalue weighted by molar-refractivity contribution is 5.88. The zero-order valence-corrected chi connectivity index (χ0v) is 9.98. The molecule has 2 aliphatic rings. The van der Waals surface area contributed by atoms with Crippen LogP contribution in [0.5, 0.6) is 0 Å². The largest absolute Gasteiger partial charge is 0.336 e. The molecule has 1 atom stereocenters. The average molecular weight is 231 g/mol. The first-order valence-electron chi connectivity index (χ1n) is 5.47. The van der Waals surface area contributed by atoms with Crippen LogP contribution < -0.4 is 5.32 Å². The van der Waals surface area contributed by atoms with Crippen molar-refractivity contribution < 1.29 is 4.79 Å². The Hall–Kier alpha value is -0.540. The Kier molecular flexibility index (Phi) is 4.61. The molecule has 3 nitrogen and oxygen atoms in total. The van der Waals surface area contributed by atoms with Crippen molar-refractivity contribution in [3.8, 4) is 0 Å². The van der Waals surface area contributed by atoms with Crippen LogP contribution in [0, 0.1) is 0 Å². The number of carbonyl (C=O) groups excluding carboxylic acids is 1. The smallest absolute Gasteiger partial charge is 0.246 e. The zero-order valence-electron chi connectivity index (χ0n) is 9.16. The van der Waals surface area contributed by atoms with Crippen LogP contribution in [-0.4, -0.2) is 36.5 Å². The lowest BCUT2D eigenvalue weighted by atomic mass is 9.92. The summed E-state index contributed by atoms with van der Waals surface area (Å²) < 4.78 is 0. The number of carbonyl (C=O) groups is 1. The highest BCUT2D eigenvalue weighted by atomic mass is 35.5. The van der Waals surface area contributed by atoms with Gasteiger partial charge in [0.25, 0.3) is 0 Å². The SMILES string of the molecule is C[C@@H]1CN(C(=O)C=C2CCC2)CCN1.Cl. The lowest BCUT2D eigenvalue weighted by molar-refractivity contribution is -0.127. The number of hydrogen-bond acceptors (Lipinski definition) is 2. The Labute approximate surface area is 97.3 Å². The van der Waals surface area contributed by atoms with Gasteiger partial charge >= 0.3 is 0 Å². The van der Waals surface area contributed by atoms with Crippen molar-refractivity contribution >= 4 is 18.3 Å². The Bertz CT molecular complexity index is 259. The number of hydrogen-bond donors (Lipinski definition) is 1. The molecule has 1 saturated carbocycles. The van der Waals surface area contributed by atoms with E-state index >= 15 is 0 Å². The van der Waals surface area contributed by atoms with E-state index < -0.39 is 0 Å². The van der Waals surface area contributed by atoms with Crippen LogP contribution in [0.25, 0.3) is 0 Å². The van der Waals surface area contributed by atoms with Crippen molar-refractivity contribution in [2.24, 2.45) is 0 Å². The molecule has 0 radical (unpaired) electrons. The minimum atomic E-state index is 0. The molecule has 15 heavy (non-hydrogen) atoms. The number of amides is 1. The summed E-state index contributed by atoms with van der Waals surface area (Å²) in [6.07, 6.45) is 5.37. The molecule has 0 unspecified atom stereocenters. The normalized spacial score (nSPS) is 25.3. The van der Waals surface area contributed by atoms with Crippen LogP contribution in [-0.2, 0) is 4.79 Å². The van der Waals surface area contributed by atoms with E-state index in [0.29, 0.717) is 6.04 Å². The summed E-state index contributed by atoms with van der Waals surface area (Å²) in [6.45, 7) is 4.75. The minimum Gasteiger partial charge on any atom is -0.336 e. The van der Waals surface area contributed by atoms with Crippen LogP contribution in [0.1, 0.15) is 26.2 Å². The average Bonchev–Trinajstić information content (AvgIpc) is 2.11. The number of rotatable bonds is 1. The van der Waals surface area contributed by atoms with Crippen molar-refractivity contribution in [2.45, 2.75) is 32.2 Å². The first kappa shape index (κ1) is 12.5. The summed E-state index contributed by atoms with van der Waals surface area (Å²) >= 11 is 0. The second-order valence-electron chi connectivity index (χ2n) is 4.30. The Balaban J connectivity index is 0.00000112. The molecule has 1 amide bonds. The standard InChI is InChI=1S/C11H18N2O.ClH/c1-9-8-13(6-5-12-9)11(14)7-10-3-2-4-10;/h7,9,12H,2-6,8H2,1H3;1H/t9-;/m1./s1. The number of allylic oxidation sites excluding steroid dienone is 1. The van der Waals surface area contributed by atoms with Gasteiger partial charge in [-0.3, -0.25) is 4.79 Å². The maximum Gasteiger partial charge on any atom is 0.246 e. The predicted octanol–water partition coefficient (Wildman–Crippen LogP) is 1.34. The quantitative estimate of drug-likeness (QED) is 0.690. The molecule has 2 fully saturated rings. The molecule has 1 N–H and O–H groups in total. The predicted molar refractivity (Wildman–Crippen MR) is 63.2 cm³/mol. The van der Waals surface area contributed by atoms with Crippen molar-refractivity contribution in [3.05, 3.63) is 11.6 Å². The van der Waals surface area contributed by atoms with Crippen molar-refractivity contribution in [2.75, 3.05) is 19.6 Å². The summed E-state index contributed by atoms with van der Waals surface area (Å²) in [5.41, 5.74) is 1.33. The van der Waals surface area contributed by atoms with E-state index in [-0.39, 0.29) is 18.3 Å². The fourth-order valence-corrected chi connectivity index (χ4v) is 1.92. The molecule has 86 valence electrons. The summed E-state index contributed by atoms with van der Waals surface area (Å²) in [7, 11) is 0. The minimum absolute atomic E-state index is 0. The van der Waals surface area contributed by atoms with Gasteiger partial charge in [0.15, 0.2) is 0 Å². The van der Waals surface area contributed by atoms with Crippen molar-refractivity contribution in [1.82, 2.24) is 10.2 Å². The maximum absolute atomic E-state index is 11.8. The second-order valence-corrected chi connectivity index (χ2v) is 4.30. The third kappa shape index (κ3) is 3.21. The lowest BCUT2D eigenvalue weighted by Gasteiger charge is -2.31. The highest BCUT2D eigenvalue weighted by Crippen LogP contribution is 2.25. The van der Waals surface area contributed by atoms with Crippen LogP contribution >= 0.6 is 12.4 Å². The van der Waals surface area contributed by atoms with Gasteiger partial charge in [0, 0.05) is 31.8 Å². The molecular formula is C11H19ClN2O. The van der Waals surface area contributed by atoms with Crippen LogP contribution in [0.4, 0.5) is 0 Å². The van der Waals surface area contributed by atoms with E-state index in [1.807, 2.05) is 11.0 Å². The number of piperazine rings is 1. The molecule has 0 bridgehead atoms. The Morgan fingerprint density at radius 1 is 1.53 bits per heavy atom. The van der Waals surface area contributed by atoms with Crippen molar-refractivity contribution in [3.63, 3.8) is 0 Å². The molecule has 0 aromatic rings. The molecule has 2 rings (SSSR count). The van der Waals surface area contributed by atoms with Gasteiger partial charge in [0.2, 0.25) is 5.91 Å². The van der Waals surface area contributed by atoms with E-state index in [1.165, 1.54) is 12.0 Å². The van der Waals surface area contributed by atoms with Gasteiger partial charge in [-0.05, 0) is 26.2 Å². The highest BCUT2D eigenvalue weighted by Gasteiger charge is 2.20. The fourth-order valence-electron chi connectivity index (χ4n) is 1.92. The molecular weight excluding hydrogens is 212 g/mol. The first-order valence-corrected chi connectivity index (χ1v) is 5.47. The number of nitrogens with zero attached hydrogens (tertiary/aromatic N) is 1. The number of nitrogens with one attached hydrogen (secondary N) is 1. The van der Waals surface area contributed by atoms with E-state index in [4.69, 9.17) is 0 Å². The fraction of sp³-hybridized carbons (Fsp3) is 0.727. The lowest BCUT2D eigenvalue weighted by Crippen LogP contribution is -2.51. The topological polar surface area (TPSA) is 32.3 Å². The molecule has 1 aliphatic heterocycles. The molecule has 4 heteroatoms. The van der Waals surface area contributed by atoms with Gasteiger partial charge in [-0.25, -0.2) is 0 Å². The third-order valence-corrected chi connectivity index (χ3v) is 3.00. The summed E-state index contributed by atoms with van der Waals surface area (Å²) in [4.78, 5) is 13.7. The molecule has 1 saturated heterocycles. The van der Waals surface area contributed by atoms with Gasteiger partial charge in [-0.1, -0.05) is 5.57 Å². The molecule has 0 aromatic heterocycles. The second kappa shape index (κ2) is 5.52. The molecule has 1 aliphatic carbocycles. The molecule has 0 spiro atoms. The van der Waals surface area contributed by atoms with Gasteiger partial charge in [-0.2, -0.15) is 0 Å². The summed E-state index contributed by atoms with van der Waals surface area (Å²) in [5, 5.41) is 3.33. The van der Waals surface area contributed by atoms with Gasteiger partial charge < -0.3 is 10.2 Å². The van der Waals surface area contributed by atoms with E-state index in [2.05, 4.69) is 12.2 Å². The Morgan fingerprint density at radius 3 is 2.80 bits per heavy atom. The monoisotopic (exact) mass is 230 g/mol. The van der Waals surface area contributed by atoms with E-state index in [9.17, 15) is 4.79 Å². The van der Waals surface area contributed by atoms with Crippen LogP contribution in [0.3, 0.4) is 0 Å². The third-order valence-electron chi connectivity index (χ3n) is 3.00. The first-order chi connectivity index (χ1) is 6.75. The Morgan fingerprint density at radius 2 is 2.27 bits per heavy atom. The van der Waals surface area contributed by atoms with Gasteiger partial charge in [0.05, 0.1) is 0 Å².